The molecule has 0 spiro atoms. The molecule has 3 N–H and O–H groups in total. The Labute approximate surface area is 193 Å². The number of hydrogen-bond donors (Lipinski definition) is 2. The predicted octanol–water partition coefficient (Wildman–Crippen LogP) is 1.66. The number of halogens is 1. The van der Waals surface area contributed by atoms with Crippen molar-refractivity contribution in [2.24, 2.45) is 10.7 Å². The lowest BCUT2D eigenvalue weighted by atomic mass is 10.1. The van der Waals surface area contributed by atoms with Gasteiger partial charge in [-0.15, -0.1) is 24.0 Å². The number of furan rings is 1. The largest absolute Gasteiger partial charge is 0.454 e. The molecule has 8 nitrogen and oxygen atoms in total. The summed E-state index contributed by atoms with van der Waals surface area (Å²) >= 11 is 0. The van der Waals surface area contributed by atoms with Crippen molar-refractivity contribution < 1.29 is 13.9 Å². The van der Waals surface area contributed by atoms with Gasteiger partial charge in [0.25, 0.3) is 5.91 Å². The van der Waals surface area contributed by atoms with Gasteiger partial charge in [0, 0.05) is 33.2 Å². The Morgan fingerprint density at radius 2 is 2.03 bits per heavy atom. The second kappa shape index (κ2) is 10.3. The van der Waals surface area contributed by atoms with Crippen LogP contribution in [0.3, 0.4) is 0 Å². The molecule has 2 saturated heterocycles. The number of fused-ring (bicyclic) bond motifs is 1. The van der Waals surface area contributed by atoms with Gasteiger partial charge in [0.2, 0.25) is 0 Å². The molecule has 2 aliphatic heterocycles. The number of hydrogen-bond acceptors (Lipinski definition) is 5. The smallest absolute Gasteiger partial charge is 0.284 e. The zero-order valence-corrected chi connectivity index (χ0v) is 19.3. The van der Waals surface area contributed by atoms with Crippen LogP contribution >= 0.6 is 24.0 Å². The van der Waals surface area contributed by atoms with E-state index in [1.165, 1.54) is 5.56 Å². The first kappa shape index (κ1) is 22.6. The molecule has 2 atom stereocenters. The third-order valence-electron chi connectivity index (χ3n) is 5.48. The van der Waals surface area contributed by atoms with E-state index in [0.29, 0.717) is 18.3 Å². The number of nitrogens with two attached hydrogens (primary N) is 1. The number of rotatable bonds is 5. The van der Waals surface area contributed by atoms with E-state index in [1.54, 1.807) is 19.2 Å². The van der Waals surface area contributed by atoms with Gasteiger partial charge in [0.05, 0.1) is 25.3 Å². The number of amides is 1. The number of benzene rings is 1. The summed E-state index contributed by atoms with van der Waals surface area (Å²) in [5, 5.41) is 3.31. The number of likely N-dealkylation sites (tertiary alicyclic amines) is 1. The van der Waals surface area contributed by atoms with Gasteiger partial charge in [-0.3, -0.25) is 14.7 Å². The summed E-state index contributed by atoms with van der Waals surface area (Å²) in [5.41, 5.74) is 6.56. The van der Waals surface area contributed by atoms with Gasteiger partial charge in [-0.1, -0.05) is 30.3 Å². The predicted molar refractivity (Wildman–Crippen MR) is 125 cm³/mol. The van der Waals surface area contributed by atoms with Crippen LogP contribution in [0, 0.1) is 0 Å². The van der Waals surface area contributed by atoms with Gasteiger partial charge in [0.1, 0.15) is 5.76 Å². The van der Waals surface area contributed by atoms with Crippen molar-refractivity contribution in [1.82, 2.24) is 15.1 Å². The fourth-order valence-corrected chi connectivity index (χ4v) is 4.05. The van der Waals surface area contributed by atoms with E-state index in [4.69, 9.17) is 14.9 Å². The Bertz CT molecular complexity index is 873. The van der Waals surface area contributed by atoms with Gasteiger partial charge in [-0.25, -0.2) is 0 Å². The zero-order valence-electron chi connectivity index (χ0n) is 17.0. The second-order valence-corrected chi connectivity index (χ2v) is 7.37. The highest BCUT2D eigenvalue weighted by molar-refractivity contribution is 14.0. The van der Waals surface area contributed by atoms with E-state index in [2.05, 4.69) is 44.4 Å². The molecule has 1 amide bonds. The minimum atomic E-state index is -0.570. The van der Waals surface area contributed by atoms with Crippen molar-refractivity contribution in [3.05, 3.63) is 59.5 Å². The van der Waals surface area contributed by atoms with Crippen molar-refractivity contribution in [2.45, 2.75) is 25.2 Å². The molecule has 0 aliphatic carbocycles. The van der Waals surface area contributed by atoms with Crippen molar-refractivity contribution >= 4 is 35.8 Å². The first-order valence-electron chi connectivity index (χ1n) is 9.87. The number of morpholine rings is 1. The molecule has 1 aromatic heterocycles. The molecule has 3 heterocycles. The molecule has 2 aliphatic rings. The average Bonchev–Trinajstić information content (AvgIpc) is 3.37. The Morgan fingerprint density at radius 1 is 1.23 bits per heavy atom. The van der Waals surface area contributed by atoms with Crippen molar-refractivity contribution in [1.29, 1.82) is 0 Å². The van der Waals surface area contributed by atoms with E-state index in [9.17, 15) is 4.79 Å². The van der Waals surface area contributed by atoms with Crippen LogP contribution in [-0.4, -0.2) is 67.1 Å². The van der Waals surface area contributed by atoms with Crippen LogP contribution in [-0.2, 0) is 17.8 Å². The minimum absolute atomic E-state index is 0. The standard InChI is InChI=1S/C21H27N5O3.HI/c1-23-21(24-11-16-7-8-18(29-16)20(22)27)26-13-17-19(14-26)28-10-9-25(17)12-15-5-3-2-4-6-15;/h2-8,17,19H,9-14H2,1H3,(H2,22,27)(H,23,24);1H. The van der Waals surface area contributed by atoms with E-state index in [1.807, 2.05) is 6.07 Å². The maximum absolute atomic E-state index is 11.2. The van der Waals surface area contributed by atoms with Gasteiger partial charge in [-0.05, 0) is 17.7 Å². The zero-order chi connectivity index (χ0) is 20.2. The maximum Gasteiger partial charge on any atom is 0.284 e. The van der Waals surface area contributed by atoms with Gasteiger partial charge in [-0.2, -0.15) is 0 Å². The lowest BCUT2D eigenvalue weighted by molar-refractivity contribution is -0.0502. The molecule has 4 rings (SSSR count). The van der Waals surface area contributed by atoms with Gasteiger partial charge in [0.15, 0.2) is 11.7 Å². The number of primary amides is 1. The highest BCUT2D eigenvalue weighted by Crippen LogP contribution is 2.24. The number of nitrogens with zero attached hydrogens (tertiary/aromatic N) is 3. The summed E-state index contributed by atoms with van der Waals surface area (Å²) in [7, 11) is 1.77. The Kier molecular flexibility index (Phi) is 7.73. The minimum Gasteiger partial charge on any atom is -0.454 e. The van der Waals surface area contributed by atoms with E-state index >= 15 is 0 Å². The SMILES string of the molecule is CN=C(NCc1ccc(C(N)=O)o1)N1CC2OCCN(Cc3ccccc3)C2C1.I. The summed E-state index contributed by atoms with van der Waals surface area (Å²) in [6.07, 6.45) is 0.163. The Morgan fingerprint density at radius 3 is 2.73 bits per heavy atom. The number of nitrogens with one attached hydrogen (secondary N) is 1. The lowest BCUT2D eigenvalue weighted by Gasteiger charge is -2.36. The second-order valence-electron chi connectivity index (χ2n) is 7.37. The van der Waals surface area contributed by atoms with Crippen LogP contribution < -0.4 is 11.1 Å². The normalized spacial score (nSPS) is 21.8. The highest BCUT2D eigenvalue weighted by Gasteiger charge is 2.41. The number of aliphatic imine (C=N–C) groups is 1. The molecule has 2 fully saturated rings. The van der Waals surface area contributed by atoms with Crippen molar-refractivity contribution in [3.63, 3.8) is 0 Å². The van der Waals surface area contributed by atoms with Gasteiger partial charge >= 0.3 is 0 Å². The molecule has 0 radical (unpaired) electrons. The first-order valence-corrected chi connectivity index (χ1v) is 9.87. The van der Waals surface area contributed by atoms with Crippen molar-refractivity contribution in [2.75, 3.05) is 33.3 Å². The van der Waals surface area contributed by atoms with Gasteiger partial charge < -0.3 is 25.1 Å². The molecular formula is C21H28IN5O3. The van der Waals surface area contributed by atoms with Crippen LogP contribution in [0.1, 0.15) is 21.9 Å². The van der Waals surface area contributed by atoms with E-state index in [0.717, 1.165) is 38.7 Å². The molecular weight excluding hydrogens is 497 g/mol. The monoisotopic (exact) mass is 525 g/mol. The van der Waals surface area contributed by atoms with Crippen LogP contribution in [0.25, 0.3) is 0 Å². The molecule has 30 heavy (non-hydrogen) atoms. The molecule has 0 saturated carbocycles. The van der Waals surface area contributed by atoms with E-state index < -0.39 is 5.91 Å². The van der Waals surface area contributed by atoms with Crippen LogP contribution in [0.15, 0.2) is 51.9 Å². The first-order chi connectivity index (χ1) is 14.1. The van der Waals surface area contributed by atoms with Crippen LogP contribution in [0.2, 0.25) is 0 Å². The fourth-order valence-electron chi connectivity index (χ4n) is 4.05. The Balaban J connectivity index is 0.00000256. The third-order valence-corrected chi connectivity index (χ3v) is 5.48. The third kappa shape index (κ3) is 5.13. The summed E-state index contributed by atoms with van der Waals surface area (Å²) in [5.74, 6) is 1.02. The number of carbonyl (C=O) groups is 1. The van der Waals surface area contributed by atoms with Crippen LogP contribution in [0.4, 0.5) is 0 Å². The number of carbonyl (C=O) groups excluding carboxylic acids is 1. The molecule has 2 aromatic rings. The quantitative estimate of drug-likeness (QED) is 0.350. The highest BCUT2D eigenvalue weighted by atomic mass is 127. The molecule has 9 heteroatoms. The maximum atomic E-state index is 11.2. The molecule has 1 aromatic carbocycles. The van der Waals surface area contributed by atoms with E-state index in [-0.39, 0.29) is 35.8 Å². The average molecular weight is 525 g/mol. The number of guanidine groups is 1. The number of ether oxygens (including phenoxy) is 1. The Hall–Kier alpha value is -2.11. The molecule has 2 unspecified atom stereocenters. The summed E-state index contributed by atoms with van der Waals surface area (Å²) in [4.78, 5) is 20.3. The lowest BCUT2D eigenvalue weighted by Crippen LogP contribution is -2.50. The summed E-state index contributed by atoms with van der Waals surface area (Å²) in [6, 6.07) is 14.2. The molecule has 0 bridgehead atoms. The topological polar surface area (TPSA) is 96.3 Å². The fraction of sp³-hybridized carbons (Fsp3) is 0.429. The van der Waals surface area contributed by atoms with Crippen molar-refractivity contribution in [3.8, 4) is 0 Å². The summed E-state index contributed by atoms with van der Waals surface area (Å²) in [6.45, 7) is 4.67. The summed E-state index contributed by atoms with van der Waals surface area (Å²) < 4.78 is 11.5. The molecule has 162 valence electrons. The van der Waals surface area contributed by atoms with Crippen LogP contribution in [0.5, 0.6) is 0 Å².